The van der Waals surface area contributed by atoms with Crippen molar-refractivity contribution < 1.29 is 0 Å². The summed E-state index contributed by atoms with van der Waals surface area (Å²) < 4.78 is 0. The summed E-state index contributed by atoms with van der Waals surface area (Å²) in [5, 5.41) is 0. The number of nitrogens with zero attached hydrogens (tertiary/aromatic N) is 3. The van der Waals surface area contributed by atoms with E-state index in [2.05, 4.69) is 34.9 Å². The Balaban J connectivity index is 0.00000180. The van der Waals surface area contributed by atoms with Crippen LogP contribution in [0.2, 0.25) is 0 Å². The summed E-state index contributed by atoms with van der Waals surface area (Å²) in [7, 11) is 0. The molecule has 2 aromatic heterocycles. The molecule has 0 amide bonds. The van der Waals surface area contributed by atoms with Crippen molar-refractivity contribution in [2.45, 2.75) is 39.5 Å². The number of pyridine rings is 1. The van der Waals surface area contributed by atoms with Crippen molar-refractivity contribution >= 4 is 0 Å². The van der Waals surface area contributed by atoms with Crippen LogP contribution in [0.4, 0.5) is 0 Å². The first kappa shape index (κ1) is 15.2. The second-order valence-corrected chi connectivity index (χ2v) is 4.39. The van der Waals surface area contributed by atoms with Gasteiger partial charge in [-0.1, -0.05) is 26.7 Å². The second-order valence-electron chi connectivity index (χ2n) is 4.39. The fourth-order valence-electron chi connectivity index (χ4n) is 2.22. The fraction of sp³-hybridized carbons (Fsp3) is 0.400. The molecule has 0 aliphatic heterocycles. The number of rotatable bonds is 5. The average Bonchev–Trinajstić information content (AvgIpc) is 2.42. The Kier molecular flexibility index (Phi) is 6.09. The summed E-state index contributed by atoms with van der Waals surface area (Å²) in [5.74, 6) is 0. The van der Waals surface area contributed by atoms with E-state index >= 15 is 0 Å². The molecule has 0 unspecified atom stereocenters. The maximum Gasteiger partial charge on any atom is 0.116 e. The van der Waals surface area contributed by atoms with Crippen molar-refractivity contribution in [3.8, 4) is 11.4 Å². The van der Waals surface area contributed by atoms with Crippen LogP contribution in [0.15, 0.2) is 30.9 Å². The summed E-state index contributed by atoms with van der Waals surface area (Å²) in [6.07, 6.45) is 9.69. The number of aryl methyl sites for hydroxylation is 1. The highest BCUT2D eigenvalue weighted by Gasteiger charge is 2.11. The summed E-state index contributed by atoms with van der Waals surface area (Å²) >= 11 is 0. The molecule has 0 spiro atoms. The van der Waals surface area contributed by atoms with E-state index in [-0.39, 0.29) is 6.15 Å². The minimum Gasteiger partial charge on any atom is -0.344 e. The molecule has 0 bridgehead atoms. The van der Waals surface area contributed by atoms with Crippen LogP contribution in [-0.4, -0.2) is 15.0 Å². The molecular weight excluding hydrogens is 236 g/mol. The third-order valence-electron chi connectivity index (χ3n) is 3.00. The SMILES string of the molecule is CCCc1ccnc(-c2ccncn2)c1CCC.N. The molecule has 0 fully saturated rings. The quantitative estimate of drug-likeness (QED) is 0.889. The van der Waals surface area contributed by atoms with Gasteiger partial charge in [-0.3, -0.25) is 4.98 Å². The van der Waals surface area contributed by atoms with Gasteiger partial charge in [0.15, 0.2) is 0 Å². The van der Waals surface area contributed by atoms with Gasteiger partial charge in [0.05, 0.1) is 11.4 Å². The third-order valence-corrected chi connectivity index (χ3v) is 3.00. The molecule has 19 heavy (non-hydrogen) atoms. The maximum absolute atomic E-state index is 4.52. The third kappa shape index (κ3) is 3.58. The van der Waals surface area contributed by atoms with E-state index in [0.717, 1.165) is 37.1 Å². The lowest BCUT2D eigenvalue weighted by molar-refractivity contribution is 0.854. The molecule has 4 heteroatoms. The smallest absolute Gasteiger partial charge is 0.116 e. The molecule has 0 atom stereocenters. The van der Waals surface area contributed by atoms with Gasteiger partial charge in [0.25, 0.3) is 0 Å². The van der Waals surface area contributed by atoms with Crippen molar-refractivity contribution in [3.05, 3.63) is 42.0 Å². The summed E-state index contributed by atoms with van der Waals surface area (Å²) in [4.78, 5) is 12.8. The summed E-state index contributed by atoms with van der Waals surface area (Å²) in [6.45, 7) is 4.41. The normalized spacial score (nSPS) is 10.0. The van der Waals surface area contributed by atoms with Crippen molar-refractivity contribution in [1.29, 1.82) is 0 Å². The van der Waals surface area contributed by atoms with Crippen molar-refractivity contribution in [1.82, 2.24) is 21.1 Å². The van der Waals surface area contributed by atoms with Crippen LogP contribution in [0.3, 0.4) is 0 Å². The van der Waals surface area contributed by atoms with E-state index in [0.29, 0.717) is 0 Å². The molecule has 0 saturated carbocycles. The van der Waals surface area contributed by atoms with Gasteiger partial charge in [0.2, 0.25) is 0 Å². The van der Waals surface area contributed by atoms with E-state index in [1.807, 2.05) is 12.3 Å². The largest absolute Gasteiger partial charge is 0.344 e. The minimum atomic E-state index is 0. The average molecular weight is 258 g/mol. The van der Waals surface area contributed by atoms with Crippen LogP contribution in [0, 0.1) is 0 Å². The van der Waals surface area contributed by atoms with Crippen LogP contribution in [-0.2, 0) is 12.8 Å². The van der Waals surface area contributed by atoms with E-state index < -0.39 is 0 Å². The molecule has 2 heterocycles. The molecule has 0 radical (unpaired) electrons. The topological polar surface area (TPSA) is 73.7 Å². The lowest BCUT2D eigenvalue weighted by Crippen LogP contribution is -2.01. The van der Waals surface area contributed by atoms with Crippen LogP contribution in [0.25, 0.3) is 11.4 Å². The number of hydrogen-bond acceptors (Lipinski definition) is 4. The van der Waals surface area contributed by atoms with Crippen LogP contribution in [0.5, 0.6) is 0 Å². The zero-order chi connectivity index (χ0) is 12.8. The maximum atomic E-state index is 4.52. The Morgan fingerprint density at radius 3 is 2.37 bits per heavy atom. The van der Waals surface area contributed by atoms with Crippen LogP contribution in [0.1, 0.15) is 37.8 Å². The van der Waals surface area contributed by atoms with Gasteiger partial charge in [0, 0.05) is 12.4 Å². The Morgan fingerprint density at radius 1 is 0.947 bits per heavy atom. The monoisotopic (exact) mass is 258 g/mol. The van der Waals surface area contributed by atoms with Gasteiger partial charge in [-0.05, 0) is 36.1 Å². The van der Waals surface area contributed by atoms with Gasteiger partial charge in [0.1, 0.15) is 6.33 Å². The zero-order valence-electron chi connectivity index (χ0n) is 11.8. The Morgan fingerprint density at radius 2 is 1.74 bits per heavy atom. The lowest BCUT2D eigenvalue weighted by atomic mass is 9.97. The number of hydrogen-bond donors (Lipinski definition) is 1. The highest BCUT2D eigenvalue weighted by atomic mass is 14.8. The first-order valence-electron chi connectivity index (χ1n) is 6.60. The van der Waals surface area contributed by atoms with Crippen LogP contribution >= 0.6 is 0 Å². The lowest BCUT2D eigenvalue weighted by Gasteiger charge is -2.12. The minimum absolute atomic E-state index is 0. The van der Waals surface area contributed by atoms with Gasteiger partial charge < -0.3 is 6.15 Å². The predicted octanol–water partition coefficient (Wildman–Crippen LogP) is 3.61. The molecule has 0 saturated heterocycles. The second kappa shape index (κ2) is 7.59. The van der Waals surface area contributed by atoms with Gasteiger partial charge in [-0.15, -0.1) is 0 Å². The first-order valence-corrected chi connectivity index (χ1v) is 6.60. The highest BCUT2D eigenvalue weighted by Crippen LogP contribution is 2.24. The molecular formula is C15H22N4. The standard InChI is InChI=1S/C15H19N3.H3N/c1-3-5-12-7-10-17-15(13(12)6-4-2)14-8-9-16-11-18-14;/h7-11H,3-6H2,1-2H3;1H3. The Hall–Kier alpha value is -1.81. The number of aromatic nitrogens is 3. The van der Waals surface area contributed by atoms with E-state index in [4.69, 9.17) is 0 Å². The van der Waals surface area contributed by atoms with Crippen molar-refractivity contribution in [3.63, 3.8) is 0 Å². The van der Waals surface area contributed by atoms with E-state index in [1.165, 1.54) is 11.1 Å². The van der Waals surface area contributed by atoms with Crippen molar-refractivity contribution in [2.75, 3.05) is 0 Å². The van der Waals surface area contributed by atoms with Gasteiger partial charge >= 0.3 is 0 Å². The summed E-state index contributed by atoms with van der Waals surface area (Å²) in [5.41, 5.74) is 4.69. The van der Waals surface area contributed by atoms with Gasteiger partial charge in [-0.25, -0.2) is 9.97 Å². The molecule has 102 valence electrons. The molecule has 3 N–H and O–H groups in total. The predicted molar refractivity (Wildman–Crippen MR) is 78.3 cm³/mol. The van der Waals surface area contributed by atoms with Crippen molar-refractivity contribution in [2.24, 2.45) is 0 Å². The zero-order valence-corrected chi connectivity index (χ0v) is 11.8. The molecule has 0 aromatic carbocycles. The van der Waals surface area contributed by atoms with E-state index in [1.54, 1.807) is 12.5 Å². The Labute approximate surface area is 114 Å². The highest BCUT2D eigenvalue weighted by molar-refractivity contribution is 5.60. The Bertz CT molecular complexity index is 497. The molecule has 0 aliphatic rings. The van der Waals surface area contributed by atoms with Crippen LogP contribution < -0.4 is 6.15 Å². The molecule has 2 rings (SSSR count). The molecule has 2 aromatic rings. The molecule has 4 nitrogen and oxygen atoms in total. The summed E-state index contributed by atoms with van der Waals surface area (Å²) in [6, 6.07) is 4.07. The molecule has 0 aliphatic carbocycles. The fourth-order valence-corrected chi connectivity index (χ4v) is 2.22. The first-order chi connectivity index (χ1) is 8.86. The van der Waals surface area contributed by atoms with E-state index in [9.17, 15) is 0 Å². The van der Waals surface area contributed by atoms with Gasteiger partial charge in [-0.2, -0.15) is 0 Å².